The number of carbonyl (C=O) groups excluding carboxylic acids is 1. The minimum atomic E-state index is -0.995. The number of aliphatic carboxylic acids is 1. The van der Waals surface area contributed by atoms with Crippen LogP contribution >= 0.6 is 0 Å². The standard InChI is InChI=1S/C24H24N4O4/c1-16(22(24(30)31)14-17-3-2-4-18(13-17)15-26-25)27-23(29)21-7-5-19(6-8-21)20-9-11-28(32)12-10-20/h2-13,15-16,22H,14,25H2,1H3,(H,27,29)(H,30,31)/t16-,22-/m1/s1. The van der Waals surface area contributed by atoms with E-state index in [4.69, 9.17) is 5.84 Å². The fourth-order valence-electron chi connectivity index (χ4n) is 3.43. The molecule has 0 spiro atoms. The summed E-state index contributed by atoms with van der Waals surface area (Å²) in [5.41, 5.74) is 3.71. The van der Waals surface area contributed by atoms with Gasteiger partial charge in [-0.1, -0.05) is 36.4 Å². The van der Waals surface area contributed by atoms with E-state index in [1.807, 2.05) is 18.2 Å². The Labute approximate surface area is 185 Å². The zero-order chi connectivity index (χ0) is 23.1. The summed E-state index contributed by atoms with van der Waals surface area (Å²) in [5.74, 6) is 3.02. The van der Waals surface area contributed by atoms with E-state index < -0.39 is 17.9 Å². The van der Waals surface area contributed by atoms with Crippen LogP contribution in [0.3, 0.4) is 0 Å². The van der Waals surface area contributed by atoms with Gasteiger partial charge in [-0.2, -0.15) is 9.83 Å². The second-order valence-electron chi connectivity index (χ2n) is 7.46. The first-order valence-corrected chi connectivity index (χ1v) is 10.0. The second-order valence-corrected chi connectivity index (χ2v) is 7.46. The van der Waals surface area contributed by atoms with Gasteiger partial charge >= 0.3 is 5.97 Å². The maximum absolute atomic E-state index is 12.7. The van der Waals surface area contributed by atoms with Gasteiger partial charge in [-0.25, -0.2) is 0 Å². The molecule has 8 nitrogen and oxygen atoms in total. The molecular formula is C24H24N4O4. The summed E-state index contributed by atoms with van der Waals surface area (Å²) < 4.78 is 0.702. The zero-order valence-electron chi connectivity index (χ0n) is 17.5. The molecule has 0 bridgehead atoms. The van der Waals surface area contributed by atoms with E-state index >= 15 is 0 Å². The second kappa shape index (κ2) is 10.2. The molecule has 4 N–H and O–H groups in total. The van der Waals surface area contributed by atoms with E-state index in [2.05, 4.69) is 10.4 Å². The van der Waals surface area contributed by atoms with Crippen molar-refractivity contribution >= 4 is 18.1 Å². The summed E-state index contributed by atoms with van der Waals surface area (Å²) in [6.07, 6.45) is 4.54. The van der Waals surface area contributed by atoms with Crippen molar-refractivity contribution in [3.8, 4) is 11.1 Å². The summed E-state index contributed by atoms with van der Waals surface area (Å²) >= 11 is 0. The summed E-state index contributed by atoms with van der Waals surface area (Å²) in [4.78, 5) is 24.6. The van der Waals surface area contributed by atoms with Gasteiger partial charge in [0.25, 0.3) is 5.91 Å². The van der Waals surface area contributed by atoms with Gasteiger partial charge in [-0.3, -0.25) is 9.59 Å². The molecule has 0 aliphatic carbocycles. The molecule has 0 saturated heterocycles. The number of hydrogen-bond acceptors (Lipinski definition) is 5. The van der Waals surface area contributed by atoms with Crippen molar-refractivity contribution in [2.24, 2.45) is 16.9 Å². The molecule has 1 heterocycles. The lowest BCUT2D eigenvalue weighted by Crippen LogP contribution is -2.42. The zero-order valence-corrected chi connectivity index (χ0v) is 17.5. The number of aromatic nitrogens is 1. The topological polar surface area (TPSA) is 132 Å². The maximum Gasteiger partial charge on any atom is 0.308 e. The third-order valence-electron chi connectivity index (χ3n) is 5.19. The highest BCUT2D eigenvalue weighted by Crippen LogP contribution is 2.19. The van der Waals surface area contributed by atoms with Crippen molar-refractivity contribution < 1.29 is 19.4 Å². The molecule has 2 atom stereocenters. The number of benzene rings is 2. The number of hydrogen-bond donors (Lipinski definition) is 3. The Hall–Kier alpha value is -4.20. The van der Waals surface area contributed by atoms with Crippen molar-refractivity contribution in [2.45, 2.75) is 19.4 Å². The monoisotopic (exact) mass is 432 g/mol. The molecule has 32 heavy (non-hydrogen) atoms. The third-order valence-corrected chi connectivity index (χ3v) is 5.19. The molecule has 1 aromatic heterocycles. The lowest BCUT2D eigenvalue weighted by atomic mass is 9.92. The molecule has 3 rings (SSSR count). The Morgan fingerprint density at radius 1 is 1.12 bits per heavy atom. The smallest absolute Gasteiger partial charge is 0.308 e. The molecule has 0 aliphatic rings. The van der Waals surface area contributed by atoms with Crippen LogP contribution in [0.25, 0.3) is 11.1 Å². The quantitative estimate of drug-likeness (QED) is 0.165. The van der Waals surface area contributed by atoms with Gasteiger partial charge < -0.3 is 21.5 Å². The van der Waals surface area contributed by atoms with Crippen molar-refractivity contribution in [3.63, 3.8) is 0 Å². The highest BCUT2D eigenvalue weighted by atomic mass is 16.5. The number of nitrogens with two attached hydrogens (primary N) is 1. The number of rotatable bonds is 8. The van der Waals surface area contributed by atoms with Crippen molar-refractivity contribution in [1.82, 2.24) is 5.32 Å². The van der Waals surface area contributed by atoms with Crippen LogP contribution in [0.4, 0.5) is 0 Å². The summed E-state index contributed by atoms with van der Waals surface area (Å²) in [5, 5.41) is 27.2. The number of carboxylic acids is 1. The van der Waals surface area contributed by atoms with E-state index in [0.717, 1.165) is 22.3 Å². The van der Waals surface area contributed by atoms with Crippen LogP contribution in [-0.2, 0) is 11.2 Å². The number of carboxylic acid groups (broad SMARTS) is 1. The molecule has 0 radical (unpaired) electrons. The number of pyridine rings is 1. The number of carbonyl (C=O) groups is 2. The van der Waals surface area contributed by atoms with Gasteiger partial charge in [0, 0.05) is 23.7 Å². The first kappa shape index (κ1) is 22.5. The van der Waals surface area contributed by atoms with E-state index in [1.54, 1.807) is 49.4 Å². The Morgan fingerprint density at radius 2 is 1.78 bits per heavy atom. The van der Waals surface area contributed by atoms with Crippen LogP contribution in [0, 0.1) is 11.1 Å². The van der Waals surface area contributed by atoms with Crippen molar-refractivity contribution in [3.05, 3.63) is 95.0 Å². The van der Waals surface area contributed by atoms with Gasteiger partial charge in [0.15, 0.2) is 12.4 Å². The minimum absolute atomic E-state index is 0.246. The molecule has 3 aromatic rings. The molecule has 0 aliphatic heterocycles. The van der Waals surface area contributed by atoms with Gasteiger partial charge in [-0.15, -0.1) is 0 Å². The van der Waals surface area contributed by atoms with Crippen LogP contribution in [0.5, 0.6) is 0 Å². The van der Waals surface area contributed by atoms with E-state index in [-0.39, 0.29) is 12.3 Å². The van der Waals surface area contributed by atoms with Crippen LogP contribution in [-0.4, -0.2) is 29.2 Å². The summed E-state index contributed by atoms with van der Waals surface area (Å²) in [6, 6.07) is 16.9. The highest BCUT2D eigenvalue weighted by molar-refractivity contribution is 5.95. The van der Waals surface area contributed by atoms with Crippen LogP contribution < -0.4 is 15.9 Å². The Bertz CT molecular complexity index is 1110. The number of nitrogens with zero attached hydrogens (tertiary/aromatic N) is 2. The number of nitrogens with one attached hydrogen (secondary N) is 1. The molecule has 8 heteroatoms. The maximum atomic E-state index is 12.7. The van der Waals surface area contributed by atoms with E-state index in [0.29, 0.717) is 10.3 Å². The predicted octanol–water partition coefficient (Wildman–Crippen LogP) is 2.34. The normalized spacial score (nSPS) is 12.9. The molecule has 0 saturated carbocycles. The third kappa shape index (κ3) is 5.69. The number of amides is 1. The largest absolute Gasteiger partial charge is 0.619 e. The number of hydrazone groups is 1. The summed E-state index contributed by atoms with van der Waals surface area (Å²) in [6.45, 7) is 1.68. The fraction of sp³-hybridized carbons (Fsp3) is 0.167. The van der Waals surface area contributed by atoms with E-state index in [9.17, 15) is 19.9 Å². The molecule has 0 fully saturated rings. The summed E-state index contributed by atoms with van der Waals surface area (Å²) in [7, 11) is 0. The Morgan fingerprint density at radius 3 is 2.41 bits per heavy atom. The molecule has 164 valence electrons. The fourth-order valence-corrected chi connectivity index (χ4v) is 3.43. The van der Waals surface area contributed by atoms with E-state index in [1.165, 1.54) is 18.6 Å². The molecule has 1 amide bonds. The van der Waals surface area contributed by atoms with Crippen LogP contribution in [0.1, 0.15) is 28.4 Å². The first-order valence-electron chi connectivity index (χ1n) is 10.0. The average molecular weight is 432 g/mol. The van der Waals surface area contributed by atoms with Crippen molar-refractivity contribution in [1.29, 1.82) is 0 Å². The van der Waals surface area contributed by atoms with Gasteiger partial charge in [-0.05, 0) is 47.7 Å². The minimum Gasteiger partial charge on any atom is -0.619 e. The molecule has 2 aromatic carbocycles. The van der Waals surface area contributed by atoms with Crippen LogP contribution in [0.15, 0.2) is 78.2 Å². The lowest BCUT2D eigenvalue weighted by Gasteiger charge is -2.22. The molecule has 0 unspecified atom stereocenters. The van der Waals surface area contributed by atoms with Gasteiger partial charge in [0.05, 0.1) is 12.1 Å². The highest BCUT2D eigenvalue weighted by Gasteiger charge is 2.26. The SMILES string of the molecule is C[C@@H](NC(=O)c1ccc(-c2cc[n+]([O-])cc2)cc1)[C@@H](Cc1cccc(C=NN)c1)C(=O)O. The Balaban J connectivity index is 1.69. The molecular weight excluding hydrogens is 408 g/mol. The van der Waals surface area contributed by atoms with Crippen molar-refractivity contribution in [2.75, 3.05) is 0 Å². The van der Waals surface area contributed by atoms with Gasteiger partial charge in [0.2, 0.25) is 0 Å². The average Bonchev–Trinajstić information content (AvgIpc) is 2.78. The Kier molecular flexibility index (Phi) is 7.17. The first-order chi connectivity index (χ1) is 15.4. The van der Waals surface area contributed by atoms with Crippen LogP contribution in [0.2, 0.25) is 0 Å². The predicted molar refractivity (Wildman–Crippen MR) is 121 cm³/mol. The lowest BCUT2D eigenvalue weighted by molar-refractivity contribution is -0.605. The van der Waals surface area contributed by atoms with Gasteiger partial charge in [0.1, 0.15) is 0 Å².